The summed E-state index contributed by atoms with van der Waals surface area (Å²) < 4.78 is 50.7. The Kier molecular flexibility index (Phi) is 12.9. The van der Waals surface area contributed by atoms with Gasteiger partial charge in [-0.05, 0) is 93.3 Å². The topological polar surface area (TPSA) is 276 Å². The van der Waals surface area contributed by atoms with E-state index in [1.165, 1.54) is 0 Å². The van der Waals surface area contributed by atoms with Gasteiger partial charge in [0.1, 0.15) is 67.1 Å². The molecular formula is C47H76O18. The second-order valence-electron chi connectivity index (χ2n) is 22.9. The van der Waals surface area contributed by atoms with Gasteiger partial charge in [0.15, 0.2) is 24.7 Å². The lowest BCUT2D eigenvalue weighted by atomic mass is 9.35. The number of aliphatic hydroxyl groups is 10. The molecule has 10 N–H and O–H groups in total. The van der Waals surface area contributed by atoms with Gasteiger partial charge in [0.25, 0.3) is 0 Å². The van der Waals surface area contributed by atoms with Crippen molar-refractivity contribution in [1.82, 2.24) is 0 Å². The molecule has 5 aliphatic heterocycles. The Morgan fingerprint density at radius 2 is 1.22 bits per heavy atom. The Hall–Kier alpha value is -0.980. The Morgan fingerprint density at radius 1 is 0.631 bits per heavy atom. The molecule has 0 aromatic heterocycles. The highest BCUT2D eigenvalue weighted by Gasteiger charge is 2.81. The molecule has 65 heavy (non-hydrogen) atoms. The summed E-state index contributed by atoms with van der Waals surface area (Å²) in [5.74, 6) is -0.317. The first-order chi connectivity index (χ1) is 30.5. The number of ether oxygens (including phenoxy) is 8. The van der Waals surface area contributed by atoms with Gasteiger partial charge in [-0.15, -0.1) is 0 Å². The van der Waals surface area contributed by atoms with Crippen molar-refractivity contribution in [3.8, 4) is 0 Å². The second-order valence-corrected chi connectivity index (χ2v) is 22.9. The van der Waals surface area contributed by atoms with Gasteiger partial charge in [-0.25, -0.2) is 0 Å². The van der Waals surface area contributed by atoms with Crippen LogP contribution in [-0.4, -0.2) is 188 Å². The molecule has 372 valence electrons. The van der Waals surface area contributed by atoms with Crippen LogP contribution in [0, 0.1) is 51.2 Å². The molecule has 18 heteroatoms. The maximum Gasteiger partial charge on any atom is 0.187 e. The van der Waals surface area contributed by atoms with E-state index in [0.29, 0.717) is 25.6 Å². The summed E-state index contributed by atoms with van der Waals surface area (Å²) >= 11 is 0. The number of aliphatic hydroxyl groups excluding tert-OH is 9. The minimum Gasteiger partial charge on any atom is -0.394 e. The van der Waals surface area contributed by atoms with Gasteiger partial charge in [-0.1, -0.05) is 39.3 Å². The second kappa shape index (κ2) is 17.1. The monoisotopic (exact) mass is 929 g/mol. The van der Waals surface area contributed by atoms with Crippen molar-refractivity contribution in [1.29, 1.82) is 0 Å². The van der Waals surface area contributed by atoms with Crippen molar-refractivity contribution < 1.29 is 89.0 Å². The van der Waals surface area contributed by atoms with Crippen LogP contribution in [0.1, 0.15) is 93.4 Å². The van der Waals surface area contributed by atoms with Gasteiger partial charge in [0.2, 0.25) is 0 Å². The molecule has 5 saturated heterocycles. The molecule has 18 nitrogen and oxygen atoms in total. The molecule has 0 aromatic carbocycles. The van der Waals surface area contributed by atoms with Gasteiger partial charge in [0.05, 0.1) is 44.7 Å². The highest BCUT2D eigenvalue weighted by molar-refractivity contribution is 5.27. The van der Waals surface area contributed by atoms with Gasteiger partial charge < -0.3 is 89.0 Å². The zero-order valence-electron chi connectivity index (χ0n) is 38.8. The number of rotatable bonds is 10. The van der Waals surface area contributed by atoms with Gasteiger partial charge in [-0.3, -0.25) is 0 Å². The van der Waals surface area contributed by atoms with E-state index in [2.05, 4.69) is 47.6 Å². The molecule has 9 fully saturated rings. The number of hydrogen-bond donors (Lipinski definition) is 10. The molecule has 0 amide bonds. The predicted octanol–water partition coefficient (Wildman–Crippen LogP) is -0.176. The van der Waals surface area contributed by atoms with Crippen molar-refractivity contribution in [3.63, 3.8) is 0 Å². The summed E-state index contributed by atoms with van der Waals surface area (Å²) in [6.45, 7) is 14.4. The lowest BCUT2D eigenvalue weighted by molar-refractivity contribution is -0.387. The third-order valence-corrected chi connectivity index (χ3v) is 19.1. The average molecular weight is 929 g/mol. The standard InChI is InChI=1S/C47H76O18/c1-21(2)14-22-18-58-47-19-46(20-59-47)23(38(47)45(22,7)57)8-9-28-43(5)12-11-29(42(3,4)27(43)10-13-44(28,46)6)63-41-37(65-39-34(55)31(52)25(16-49)61-39)36(32(53)26(17-50)62-41)64-40-35(56)33(54)30(51)24(15-48)60-40/h14,22-41,48-57H,8-13,15-20H2,1-7H3/t22-,23-,24-,25+,26-,27-,28-,29+,30-,31+,32-,33+,34-,35-,36+,37-,38+,39+,40+,41+,43-,44-,45+,46+,47-/m1/s1. The first kappa shape index (κ1) is 49.0. The molecular weight excluding hydrogens is 852 g/mol. The number of allylic oxidation sites excluding steroid dienone is 1. The van der Waals surface area contributed by atoms with E-state index in [-0.39, 0.29) is 39.9 Å². The van der Waals surface area contributed by atoms with E-state index in [1.807, 2.05) is 6.92 Å². The zero-order valence-corrected chi connectivity index (χ0v) is 38.8. The smallest absolute Gasteiger partial charge is 0.187 e. The molecule has 0 aromatic rings. The number of hydrogen-bond acceptors (Lipinski definition) is 18. The lowest BCUT2D eigenvalue weighted by Gasteiger charge is -2.70. The van der Waals surface area contributed by atoms with Crippen LogP contribution in [0.3, 0.4) is 0 Å². The largest absolute Gasteiger partial charge is 0.394 e. The van der Waals surface area contributed by atoms with Crippen molar-refractivity contribution in [2.45, 2.75) is 197 Å². The average Bonchev–Trinajstić information content (AvgIpc) is 3.88. The zero-order chi connectivity index (χ0) is 47.0. The molecule has 4 saturated carbocycles. The SMILES string of the molecule is CC(C)=C[C@@H]1CO[C@]23C[C@]4(CO2)[C@H](CC[C@@H]2[C@]5(C)CC[C@H](O[C@@H]6O[C@H](CO)[C@@H](O)[C@H](O[C@@H]7O[C@H](CO)[C@@H](O)[C@H](O)[C@H]7O)[C@H]6O[C@@H]6O[C@@H](CO)[C@H](O)[C@H]6O)C(C)(C)[C@H]5CC[C@]24C)[C@H]3[C@@]1(C)O. The fourth-order valence-electron chi connectivity index (χ4n) is 15.8. The molecule has 0 radical (unpaired) electrons. The Morgan fingerprint density at radius 3 is 1.85 bits per heavy atom. The lowest BCUT2D eigenvalue weighted by Crippen LogP contribution is -2.68. The van der Waals surface area contributed by atoms with E-state index in [4.69, 9.17) is 37.9 Å². The third kappa shape index (κ3) is 7.24. The molecule has 5 heterocycles. The summed E-state index contributed by atoms with van der Waals surface area (Å²) in [4.78, 5) is 0. The fraction of sp³-hybridized carbons (Fsp3) is 0.957. The molecule has 2 spiro atoms. The van der Waals surface area contributed by atoms with Crippen LogP contribution in [0.2, 0.25) is 0 Å². The first-order valence-electron chi connectivity index (χ1n) is 24.0. The molecule has 9 aliphatic rings. The van der Waals surface area contributed by atoms with Crippen LogP contribution in [-0.2, 0) is 37.9 Å². The Bertz CT molecular complexity index is 1760. The van der Waals surface area contributed by atoms with Crippen LogP contribution in [0.4, 0.5) is 0 Å². The number of fused-ring (bicyclic) bond motifs is 4. The molecule has 25 atom stereocenters. The summed E-state index contributed by atoms with van der Waals surface area (Å²) in [7, 11) is 0. The summed E-state index contributed by atoms with van der Waals surface area (Å²) in [6.07, 6.45) is -14.3. The van der Waals surface area contributed by atoms with Gasteiger partial charge >= 0.3 is 0 Å². The van der Waals surface area contributed by atoms with E-state index in [0.717, 1.165) is 44.1 Å². The summed E-state index contributed by atoms with van der Waals surface area (Å²) in [6, 6.07) is 0. The van der Waals surface area contributed by atoms with Crippen molar-refractivity contribution in [2.75, 3.05) is 33.0 Å². The van der Waals surface area contributed by atoms with Gasteiger partial charge in [0, 0.05) is 23.7 Å². The van der Waals surface area contributed by atoms with E-state index in [9.17, 15) is 51.1 Å². The molecule has 2 bridgehead atoms. The fourth-order valence-corrected chi connectivity index (χ4v) is 15.8. The van der Waals surface area contributed by atoms with Crippen molar-refractivity contribution in [2.24, 2.45) is 51.2 Å². The molecule has 4 aliphatic carbocycles. The van der Waals surface area contributed by atoms with E-state index in [1.54, 1.807) is 0 Å². The quantitative estimate of drug-likeness (QED) is 0.101. The van der Waals surface area contributed by atoms with Crippen molar-refractivity contribution in [3.05, 3.63) is 11.6 Å². The van der Waals surface area contributed by atoms with Crippen molar-refractivity contribution >= 4 is 0 Å². The summed E-state index contributed by atoms with van der Waals surface area (Å²) in [5.41, 5.74) is -0.701. The first-order valence-corrected chi connectivity index (χ1v) is 24.0. The minimum atomic E-state index is -1.86. The van der Waals surface area contributed by atoms with Crippen LogP contribution in [0.15, 0.2) is 11.6 Å². The van der Waals surface area contributed by atoms with Crippen LogP contribution < -0.4 is 0 Å². The maximum atomic E-state index is 12.4. The highest BCUT2D eigenvalue weighted by Crippen LogP contribution is 2.80. The summed E-state index contributed by atoms with van der Waals surface area (Å²) in [5, 5.41) is 108. The van der Waals surface area contributed by atoms with Crippen LogP contribution >= 0.6 is 0 Å². The minimum absolute atomic E-state index is 0.0960. The van der Waals surface area contributed by atoms with E-state index >= 15 is 0 Å². The molecule has 9 rings (SSSR count). The highest BCUT2D eigenvalue weighted by atomic mass is 16.8. The predicted molar refractivity (Wildman–Crippen MR) is 225 cm³/mol. The maximum absolute atomic E-state index is 12.4. The Balaban J connectivity index is 0.991. The van der Waals surface area contributed by atoms with E-state index < -0.39 is 129 Å². The Labute approximate surface area is 381 Å². The third-order valence-electron chi connectivity index (χ3n) is 19.1. The van der Waals surface area contributed by atoms with Crippen LogP contribution in [0.25, 0.3) is 0 Å². The molecule has 0 unspecified atom stereocenters. The normalized spacial score (nSPS) is 56.9. The van der Waals surface area contributed by atoms with Gasteiger partial charge in [-0.2, -0.15) is 0 Å². The van der Waals surface area contributed by atoms with Crippen LogP contribution in [0.5, 0.6) is 0 Å².